The molecule has 3 nitrogen and oxygen atoms in total. The number of pyridine rings is 1. The van der Waals surface area contributed by atoms with Crippen LogP contribution in [0.15, 0.2) is 127 Å². The zero-order valence-corrected chi connectivity index (χ0v) is 45.6. The molecule has 2 N–H and O–H groups in total. The van der Waals surface area contributed by atoms with Crippen molar-refractivity contribution in [2.75, 3.05) is 0 Å². The van der Waals surface area contributed by atoms with Crippen molar-refractivity contribution in [2.45, 2.75) is 119 Å². The SMILES string of the molecule is Cc1cc(-c2cc(C(C)(C)C)cc(C(C)(C)C)c2)c(O)c(-c2ccccc2-c2cccc(-c3ccccc3-c3cc(C)cc(-c4cc(C(C)(C)C)cc(C(C)(C)C)c4)c3O)n2)c1.[CH3-].[CH3-].[Hf]. The quantitative estimate of drug-likeness (QED) is 0.129. The smallest absolute Gasteiger partial charge is 0.131 e. The van der Waals surface area contributed by atoms with E-state index in [-0.39, 0.29) is 73.9 Å². The summed E-state index contributed by atoms with van der Waals surface area (Å²) in [6.07, 6.45) is 0. The van der Waals surface area contributed by atoms with Gasteiger partial charge in [0.25, 0.3) is 0 Å². The van der Waals surface area contributed by atoms with Gasteiger partial charge in [0, 0.05) is 59.2 Å². The molecule has 4 heteroatoms. The molecule has 0 aliphatic heterocycles. The zero-order valence-electron chi connectivity index (χ0n) is 42.0. The maximum atomic E-state index is 12.3. The second kappa shape index (κ2) is 19.4. The number of aromatic hydroxyl groups is 2. The summed E-state index contributed by atoms with van der Waals surface area (Å²) in [5.74, 6) is 0.507. The molecule has 0 bridgehead atoms. The molecule has 65 heavy (non-hydrogen) atoms. The van der Waals surface area contributed by atoms with Crippen LogP contribution in [-0.2, 0) is 47.5 Å². The van der Waals surface area contributed by atoms with E-state index in [9.17, 15) is 10.2 Å². The molecule has 7 rings (SSSR count). The average Bonchev–Trinajstić information content (AvgIpc) is 3.20. The molecule has 6 aromatic carbocycles. The van der Waals surface area contributed by atoms with Crippen LogP contribution in [0.1, 0.15) is 116 Å². The van der Waals surface area contributed by atoms with E-state index in [2.05, 4.69) is 182 Å². The summed E-state index contributed by atoms with van der Waals surface area (Å²) < 4.78 is 0. The Balaban J connectivity index is 0.00000308. The van der Waals surface area contributed by atoms with E-state index >= 15 is 0 Å². The molecule has 1 aromatic heterocycles. The predicted octanol–water partition coefficient (Wildman–Crippen LogP) is 17.2. The summed E-state index contributed by atoms with van der Waals surface area (Å²) in [5.41, 5.74) is 17.3. The summed E-state index contributed by atoms with van der Waals surface area (Å²) in [6, 6.07) is 44.5. The van der Waals surface area contributed by atoms with Crippen LogP contribution in [0.2, 0.25) is 0 Å². The largest absolute Gasteiger partial charge is 0.507 e. The van der Waals surface area contributed by atoms with Gasteiger partial charge in [-0.25, -0.2) is 4.98 Å². The normalized spacial score (nSPS) is 11.9. The van der Waals surface area contributed by atoms with Crippen molar-refractivity contribution in [3.05, 3.63) is 176 Å². The molecule has 0 aliphatic carbocycles. The summed E-state index contributed by atoms with van der Waals surface area (Å²) in [5, 5.41) is 24.6. The summed E-state index contributed by atoms with van der Waals surface area (Å²) in [4.78, 5) is 5.34. The Labute approximate surface area is 411 Å². The van der Waals surface area contributed by atoms with Crippen molar-refractivity contribution in [2.24, 2.45) is 0 Å². The minimum atomic E-state index is -0.0607. The first-order valence-corrected chi connectivity index (χ1v) is 22.1. The Morgan fingerprint density at radius 3 is 0.908 bits per heavy atom. The number of hydrogen-bond acceptors (Lipinski definition) is 3. The van der Waals surface area contributed by atoms with Gasteiger partial charge in [0.1, 0.15) is 11.5 Å². The molecule has 0 unspecified atom stereocenters. The van der Waals surface area contributed by atoms with Crippen LogP contribution in [0.4, 0.5) is 0 Å². The third-order valence-corrected chi connectivity index (χ3v) is 12.2. The van der Waals surface area contributed by atoms with Crippen molar-refractivity contribution in [1.82, 2.24) is 4.98 Å². The average molecular weight is 1030 g/mol. The summed E-state index contributed by atoms with van der Waals surface area (Å²) in [7, 11) is 0. The van der Waals surface area contributed by atoms with Gasteiger partial charge in [-0.05, 0) is 128 Å². The molecule has 0 saturated carbocycles. The molecular formula is C61H71HfNO2-2. The van der Waals surface area contributed by atoms with Gasteiger partial charge >= 0.3 is 0 Å². The molecule has 338 valence electrons. The fraction of sp³-hybridized carbons (Fsp3) is 0.295. The maximum absolute atomic E-state index is 12.3. The number of aromatic nitrogens is 1. The van der Waals surface area contributed by atoms with Crippen molar-refractivity contribution in [3.8, 4) is 78.5 Å². The molecule has 1 heterocycles. The Kier molecular flexibility index (Phi) is 15.7. The van der Waals surface area contributed by atoms with Gasteiger partial charge in [-0.3, -0.25) is 0 Å². The van der Waals surface area contributed by atoms with Crippen LogP contribution in [-0.4, -0.2) is 15.2 Å². The third-order valence-electron chi connectivity index (χ3n) is 12.2. The van der Waals surface area contributed by atoms with Crippen LogP contribution >= 0.6 is 0 Å². The standard InChI is InChI=1S/C59H65NO2.2CH3.Hf/c1-36-26-48(38-30-40(56(3,4)5)34-41(31-38)57(6,7)8)54(61)50(28-36)44-20-15-17-22-46(44)52-24-19-25-53(60-52)47-23-18-16-21-45(47)51-29-37(2)27-49(55(51)62)39-32-42(58(9,10)11)35-43(33-39)59(12,13)14;;;/h15-35,61-62H,1-14H3;2*1H3;/q;2*-1;. The van der Waals surface area contributed by atoms with Gasteiger partial charge in [-0.1, -0.05) is 174 Å². The van der Waals surface area contributed by atoms with E-state index in [0.717, 1.165) is 78.1 Å². The predicted molar refractivity (Wildman–Crippen MR) is 277 cm³/mol. The zero-order chi connectivity index (χ0) is 45.1. The van der Waals surface area contributed by atoms with Gasteiger partial charge in [-0.2, -0.15) is 0 Å². The number of aryl methyl sites for hydroxylation is 2. The number of hydrogen-bond donors (Lipinski definition) is 2. The molecule has 0 saturated heterocycles. The third kappa shape index (κ3) is 11.1. The van der Waals surface area contributed by atoms with Crippen molar-refractivity contribution in [3.63, 3.8) is 0 Å². The van der Waals surface area contributed by atoms with Gasteiger partial charge in [0.05, 0.1) is 11.4 Å². The number of phenolic OH excluding ortho intramolecular Hbond substituents is 2. The van der Waals surface area contributed by atoms with Gasteiger partial charge < -0.3 is 25.1 Å². The molecule has 0 fully saturated rings. The molecular weight excluding hydrogens is 957 g/mol. The fourth-order valence-corrected chi connectivity index (χ4v) is 8.32. The van der Waals surface area contributed by atoms with Gasteiger partial charge in [0.15, 0.2) is 0 Å². The fourth-order valence-electron chi connectivity index (χ4n) is 8.32. The van der Waals surface area contributed by atoms with Crippen LogP contribution in [0, 0.1) is 28.7 Å². The first kappa shape index (κ1) is 52.6. The minimum absolute atomic E-state index is 0. The topological polar surface area (TPSA) is 53.4 Å². The molecule has 0 amide bonds. The van der Waals surface area contributed by atoms with Gasteiger partial charge in [-0.15, -0.1) is 0 Å². The minimum Gasteiger partial charge on any atom is -0.507 e. The Bertz CT molecular complexity index is 2570. The first-order chi connectivity index (χ1) is 28.9. The van der Waals surface area contributed by atoms with Crippen molar-refractivity contribution >= 4 is 0 Å². The van der Waals surface area contributed by atoms with Crippen LogP contribution in [0.5, 0.6) is 11.5 Å². The van der Waals surface area contributed by atoms with E-state index in [1.54, 1.807) is 0 Å². The molecule has 0 aliphatic rings. The number of nitrogens with zero attached hydrogens (tertiary/aromatic N) is 1. The Hall–Kier alpha value is -5.06. The van der Waals surface area contributed by atoms with E-state index in [0.29, 0.717) is 0 Å². The van der Waals surface area contributed by atoms with Crippen molar-refractivity contribution < 1.29 is 36.1 Å². The van der Waals surface area contributed by atoms with E-state index in [4.69, 9.17) is 4.98 Å². The maximum Gasteiger partial charge on any atom is 0.131 e. The van der Waals surface area contributed by atoms with Crippen LogP contribution in [0.25, 0.3) is 67.0 Å². The Morgan fingerprint density at radius 2 is 0.615 bits per heavy atom. The molecule has 0 atom stereocenters. The monoisotopic (exact) mass is 1030 g/mol. The first-order valence-electron chi connectivity index (χ1n) is 22.1. The number of benzene rings is 6. The Morgan fingerprint density at radius 1 is 0.338 bits per heavy atom. The number of phenols is 2. The second-order valence-corrected chi connectivity index (χ2v) is 21.5. The van der Waals surface area contributed by atoms with Crippen LogP contribution in [0.3, 0.4) is 0 Å². The van der Waals surface area contributed by atoms with E-state index in [1.165, 1.54) is 22.3 Å². The van der Waals surface area contributed by atoms with Crippen molar-refractivity contribution in [1.29, 1.82) is 0 Å². The summed E-state index contributed by atoms with van der Waals surface area (Å²) >= 11 is 0. The van der Waals surface area contributed by atoms with E-state index in [1.807, 2.05) is 42.5 Å². The van der Waals surface area contributed by atoms with E-state index < -0.39 is 0 Å². The van der Waals surface area contributed by atoms with Crippen LogP contribution < -0.4 is 0 Å². The summed E-state index contributed by atoms with van der Waals surface area (Å²) in [6.45, 7) is 31.1. The van der Waals surface area contributed by atoms with Gasteiger partial charge in [0.2, 0.25) is 0 Å². The number of rotatable bonds is 6. The molecule has 7 aromatic rings. The second-order valence-electron chi connectivity index (χ2n) is 21.5. The molecule has 0 spiro atoms. The molecule has 0 radical (unpaired) electrons.